The largest absolute Gasteiger partial charge is 0.484 e. The van der Waals surface area contributed by atoms with Crippen LogP contribution in [0.4, 0.5) is 0 Å². The summed E-state index contributed by atoms with van der Waals surface area (Å²) in [5.74, 6) is 2.70. The van der Waals surface area contributed by atoms with Crippen LogP contribution in [0.5, 0.6) is 5.75 Å². The molecule has 1 aliphatic carbocycles. The third-order valence-corrected chi connectivity index (χ3v) is 11.4. The molecule has 2 aliphatic rings. The predicted octanol–water partition coefficient (Wildman–Crippen LogP) is 12.5. The maximum Gasteiger partial charge on any atom is 0.164 e. The Bertz CT molecular complexity index is 3180. The standard InChI is InChI=1S/C51H32N4O2/c1-3-15-31(16-4-1)49-52-50(32-17-5-2-6-18-32)54-51(53-49)38-24-13-29-44-47(38)46-35(21-12-28-43(46)56-44)36-22-11-23-37-45-41(27-14-30-42(45)57-48(36)37)55-39-25-9-7-19-33(39)34-20-8-10-26-40(34)55/h1-30,42,45H. The van der Waals surface area contributed by atoms with E-state index >= 15 is 0 Å². The zero-order valence-corrected chi connectivity index (χ0v) is 30.6. The van der Waals surface area contributed by atoms with Crippen LogP contribution in [0.1, 0.15) is 11.5 Å². The van der Waals surface area contributed by atoms with E-state index in [1.165, 1.54) is 27.5 Å². The summed E-state index contributed by atoms with van der Waals surface area (Å²) in [5, 5.41) is 4.43. The number of fused-ring (bicyclic) bond motifs is 9. The Hall–Kier alpha value is -7.57. The highest BCUT2D eigenvalue weighted by Gasteiger charge is 2.40. The fourth-order valence-electron chi connectivity index (χ4n) is 8.99. The first-order valence-electron chi connectivity index (χ1n) is 19.3. The third kappa shape index (κ3) is 4.87. The maximum absolute atomic E-state index is 7.03. The molecule has 0 fully saturated rings. The topological polar surface area (TPSA) is 66.0 Å². The molecule has 4 heterocycles. The number of furan rings is 1. The van der Waals surface area contributed by atoms with Gasteiger partial charge in [0.25, 0.3) is 0 Å². The summed E-state index contributed by atoms with van der Waals surface area (Å²) in [6.45, 7) is 0. The number of rotatable bonds is 5. The SMILES string of the molecule is C1=CC2Oc3c(-c4cccc5oc6cccc(-c7nc(-c8ccccc8)nc(-c8ccccc8)n7)c6c45)cccc3C2C(n2c3ccccc3c3ccccc32)=C1. The van der Waals surface area contributed by atoms with Crippen LogP contribution in [0.25, 0.3) is 94.7 Å². The Morgan fingerprint density at radius 2 is 1.02 bits per heavy atom. The summed E-state index contributed by atoms with van der Waals surface area (Å²) in [6, 6.07) is 56.5. The number of aromatic nitrogens is 4. The second kappa shape index (κ2) is 12.5. The van der Waals surface area contributed by atoms with Crippen molar-refractivity contribution in [2.24, 2.45) is 0 Å². The van der Waals surface area contributed by atoms with Crippen LogP contribution in [-0.4, -0.2) is 25.6 Å². The molecule has 1 aliphatic heterocycles. The van der Waals surface area contributed by atoms with Gasteiger partial charge in [-0.3, -0.25) is 0 Å². The molecule has 0 amide bonds. The Kier molecular flexibility index (Phi) is 6.95. The molecule has 0 saturated carbocycles. The van der Waals surface area contributed by atoms with Crippen molar-refractivity contribution in [1.29, 1.82) is 0 Å². The van der Waals surface area contributed by atoms with Gasteiger partial charge in [0.2, 0.25) is 0 Å². The molecule has 10 aromatic rings. The number of benzene rings is 7. The van der Waals surface area contributed by atoms with E-state index in [4.69, 9.17) is 24.1 Å². The molecule has 57 heavy (non-hydrogen) atoms. The van der Waals surface area contributed by atoms with Crippen molar-refractivity contribution < 1.29 is 9.15 Å². The average Bonchev–Trinajstić information content (AvgIpc) is 3.97. The summed E-state index contributed by atoms with van der Waals surface area (Å²) in [5.41, 5.74) is 11.1. The molecule has 0 saturated heterocycles. The Labute approximate surface area is 327 Å². The van der Waals surface area contributed by atoms with Gasteiger partial charge in [-0.05, 0) is 42.0 Å². The maximum atomic E-state index is 7.03. The Balaban J connectivity index is 1.05. The summed E-state index contributed by atoms with van der Waals surface area (Å²) < 4.78 is 16.1. The number of para-hydroxylation sites is 3. The third-order valence-electron chi connectivity index (χ3n) is 11.4. The van der Waals surface area contributed by atoms with E-state index in [2.05, 4.69) is 108 Å². The van der Waals surface area contributed by atoms with Gasteiger partial charge in [-0.25, -0.2) is 15.0 Å². The minimum atomic E-state index is -0.157. The molecule has 6 nitrogen and oxygen atoms in total. The first-order valence-corrected chi connectivity index (χ1v) is 19.3. The Morgan fingerprint density at radius 3 is 1.68 bits per heavy atom. The highest BCUT2D eigenvalue weighted by molar-refractivity contribution is 6.18. The number of allylic oxidation sites excluding steroid dienone is 2. The van der Waals surface area contributed by atoms with E-state index < -0.39 is 0 Å². The highest BCUT2D eigenvalue weighted by Crippen LogP contribution is 2.53. The quantitative estimate of drug-likeness (QED) is 0.176. The second-order valence-electron chi connectivity index (χ2n) is 14.6. The van der Waals surface area contributed by atoms with E-state index in [9.17, 15) is 0 Å². The van der Waals surface area contributed by atoms with Crippen LogP contribution in [0, 0.1) is 0 Å². The van der Waals surface area contributed by atoms with Gasteiger partial charge in [0.05, 0.1) is 17.0 Å². The van der Waals surface area contributed by atoms with Gasteiger partial charge in [0.1, 0.15) is 23.0 Å². The predicted molar refractivity (Wildman–Crippen MR) is 229 cm³/mol. The van der Waals surface area contributed by atoms with Crippen molar-refractivity contribution in [3.63, 3.8) is 0 Å². The van der Waals surface area contributed by atoms with Crippen molar-refractivity contribution in [1.82, 2.24) is 19.5 Å². The fourth-order valence-corrected chi connectivity index (χ4v) is 8.99. The molecular weight excluding hydrogens is 701 g/mol. The molecule has 2 unspecified atom stereocenters. The van der Waals surface area contributed by atoms with E-state index in [0.29, 0.717) is 17.5 Å². The molecule has 0 spiro atoms. The van der Waals surface area contributed by atoms with Gasteiger partial charge in [0, 0.05) is 55.1 Å². The fraction of sp³-hybridized carbons (Fsp3) is 0.0392. The lowest BCUT2D eigenvalue weighted by Gasteiger charge is -2.24. The number of hydrogen-bond donors (Lipinski definition) is 0. The first kappa shape index (κ1) is 31.7. The molecule has 6 heteroatoms. The van der Waals surface area contributed by atoms with Gasteiger partial charge in [-0.1, -0.05) is 146 Å². The summed E-state index contributed by atoms with van der Waals surface area (Å²) in [4.78, 5) is 15.2. The molecule has 2 atom stereocenters. The van der Waals surface area contributed by atoms with Gasteiger partial charge >= 0.3 is 0 Å². The molecule has 0 bridgehead atoms. The molecule has 7 aromatic carbocycles. The summed E-state index contributed by atoms with van der Waals surface area (Å²) in [7, 11) is 0. The number of hydrogen-bond acceptors (Lipinski definition) is 5. The Morgan fingerprint density at radius 1 is 0.474 bits per heavy atom. The van der Waals surface area contributed by atoms with Gasteiger partial charge in [-0.15, -0.1) is 0 Å². The van der Waals surface area contributed by atoms with E-state index in [0.717, 1.165) is 61.1 Å². The highest BCUT2D eigenvalue weighted by atomic mass is 16.5. The van der Waals surface area contributed by atoms with Crippen molar-refractivity contribution in [2.75, 3.05) is 0 Å². The molecule has 0 radical (unpaired) electrons. The molecule has 0 N–H and O–H groups in total. The van der Waals surface area contributed by atoms with E-state index in [-0.39, 0.29) is 12.0 Å². The summed E-state index contributed by atoms with van der Waals surface area (Å²) >= 11 is 0. The van der Waals surface area contributed by atoms with Crippen molar-refractivity contribution in [3.8, 4) is 51.0 Å². The monoisotopic (exact) mass is 732 g/mol. The molecule has 3 aromatic heterocycles. The second-order valence-corrected chi connectivity index (χ2v) is 14.6. The van der Waals surface area contributed by atoms with Crippen molar-refractivity contribution in [3.05, 3.63) is 188 Å². The minimum absolute atomic E-state index is 0.00180. The van der Waals surface area contributed by atoms with E-state index in [1.807, 2.05) is 78.9 Å². The average molecular weight is 733 g/mol. The summed E-state index contributed by atoms with van der Waals surface area (Å²) in [6.07, 6.45) is 6.43. The van der Waals surface area contributed by atoms with Crippen LogP contribution >= 0.6 is 0 Å². The zero-order chi connectivity index (χ0) is 37.5. The molecular formula is C51H32N4O2. The van der Waals surface area contributed by atoms with Gasteiger partial charge < -0.3 is 13.7 Å². The lowest BCUT2D eigenvalue weighted by atomic mass is 9.86. The first-order chi connectivity index (χ1) is 28.3. The number of nitrogens with zero attached hydrogens (tertiary/aromatic N) is 4. The lowest BCUT2D eigenvalue weighted by Crippen LogP contribution is -2.22. The normalized spacial score (nSPS) is 15.9. The van der Waals surface area contributed by atoms with Gasteiger partial charge in [0.15, 0.2) is 17.5 Å². The number of ether oxygens (including phenoxy) is 1. The van der Waals surface area contributed by atoms with Crippen LogP contribution in [-0.2, 0) is 0 Å². The molecule has 12 rings (SSSR count). The molecule has 268 valence electrons. The van der Waals surface area contributed by atoms with Crippen molar-refractivity contribution >= 4 is 49.4 Å². The van der Waals surface area contributed by atoms with Crippen LogP contribution in [0.2, 0.25) is 0 Å². The van der Waals surface area contributed by atoms with Crippen LogP contribution < -0.4 is 4.74 Å². The van der Waals surface area contributed by atoms with E-state index in [1.54, 1.807) is 0 Å². The smallest absolute Gasteiger partial charge is 0.164 e. The van der Waals surface area contributed by atoms with Crippen LogP contribution in [0.3, 0.4) is 0 Å². The van der Waals surface area contributed by atoms with Crippen molar-refractivity contribution in [2.45, 2.75) is 12.0 Å². The minimum Gasteiger partial charge on any atom is -0.484 e. The zero-order valence-electron chi connectivity index (χ0n) is 30.6. The van der Waals surface area contributed by atoms with Crippen LogP contribution in [0.15, 0.2) is 186 Å². The van der Waals surface area contributed by atoms with Gasteiger partial charge in [-0.2, -0.15) is 0 Å². The lowest BCUT2D eigenvalue weighted by molar-refractivity contribution is 0.271.